The lowest BCUT2D eigenvalue weighted by atomic mass is 9.81. The normalized spacial score (nSPS) is 12.3. The second-order valence-electron chi connectivity index (χ2n) is 8.50. The van der Waals surface area contributed by atoms with Gasteiger partial charge in [-0.1, -0.05) is 96.7 Å². The molecule has 0 nitrogen and oxygen atoms in total. The van der Waals surface area contributed by atoms with Gasteiger partial charge in [-0.15, -0.1) is 0 Å². The van der Waals surface area contributed by atoms with Crippen molar-refractivity contribution in [1.82, 2.24) is 0 Å². The van der Waals surface area contributed by atoms with Crippen molar-refractivity contribution in [3.63, 3.8) is 0 Å². The summed E-state index contributed by atoms with van der Waals surface area (Å²) in [6, 6.07) is 15.7. The van der Waals surface area contributed by atoms with Crippen LogP contribution in [0.5, 0.6) is 0 Å². The molecule has 0 aliphatic heterocycles. The molecule has 2 rings (SSSR count). The second kappa shape index (κ2) is 6.35. The van der Waals surface area contributed by atoms with E-state index in [0.29, 0.717) is 0 Å². The molecule has 0 aromatic heterocycles. The van der Waals surface area contributed by atoms with Crippen molar-refractivity contribution in [3.05, 3.63) is 76.9 Å². The van der Waals surface area contributed by atoms with E-state index in [0.717, 1.165) is 6.42 Å². The fourth-order valence-corrected chi connectivity index (χ4v) is 3.00. The van der Waals surface area contributed by atoms with Gasteiger partial charge in [0, 0.05) is 0 Å². The molecule has 0 aliphatic carbocycles. The third-order valence-electron chi connectivity index (χ3n) is 4.34. The predicted molar refractivity (Wildman–Crippen MR) is 103 cm³/mol. The Morgan fingerprint density at radius 3 is 2.09 bits per heavy atom. The van der Waals surface area contributed by atoms with Crippen LogP contribution >= 0.6 is 0 Å². The van der Waals surface area contributed by atoms with Crippen molar-refractivity contribution in [2.45, 2.75) is 58.8 Å². The molecule has 0 bridgehead atoms. The maximum atomic E-state index is 3.96. The van der Waals surface area contributed by atoms with E-state index in [2.05, 4.69) is 90.6 Å². The first-order chi connectivity index (χ1) is 10.6. The summed E-state index contributed by atoms with van der Waals surface area (Å²) in [7, 11) is 0. The molecule has 0 heteroatoms. The zero-order chi connectivity index (χ0) is 17.3. The number of benzene rings is 2. The highest BCUT2D eigenvalue weighted by molar-refractivity contribution is 5.52. The van der Waals surface area contributed by atoms with Crippen LogP contribution in [0, 0.1) is 0 Å². The van der Waals surface area contributed by atoms with Crippen LogP contribution in [-0.2, 0) is 17.3 Å². The predicted octanol–water partition coefficient (Wildman–Crippen LogP) is 6.52. The maximum Gasteiger partial charge on any atom is -0.00225 e. The zero-order valence-electron chi connectivity index (χ0n) is 15.5. The van der Waals surface area contributed by atoms with Gasteiger partial charge in [-0.25, -0.2) is 0 Å². The van der Waals surface area contributed by atoms with Crippen LogP contribution in [0.2, 0.25) is 0 Å². The van der Waals surface area contributed by atoms with Gasteiger partial charge < -0.3 is 0 Å². The summed E-state index contributed by atoms with van der Waals surface area (Å²) < 4.78 is 0. The van der Waals surface area contributed by atoms with Crippen molar-refractivity contribution >= 4 is 6.08 Å². The first kappa shape index (κ1) is 17.5. The molecule has 2 aromatic rings. The van der Waals surface area contributed by atoms with Gasteiger partial charge >= 0.3 is 0 Å². The van der Waals surface area contributed by atoms with E-state index in [4.69, 9.17) is 0 Å². The van der Waals surface area contributed by atoms with E-state index in [1.54, 1.807) is 0 Å². The van der Waals surface area contributed by atoms with Crippen LogP contribution in [0.1, 0.15) is 69.4 Å². The van der Waals surface area contributed by atoms with Gasteiger partial charge in [-0.05, 0) is 45.1 Å². The third kappa shape index (κ3) is 4.34. The fraction of sp³-hybridized carbons (Fsp3) is 0.391. The molecule has 0 atom stereocenters. The first-order valence-electron chi connectivity index (χ1n) is 8.46. The molecule has 0 N–H and O–H groups in total. The van der Waals surface area contributed by atoms with Crippen molar-refractivity contribution in [3.8, 4) is 0 Å². The van der Waals surface area contributed by atoms with E-state index in [1.807, 2.05) is 6.08 Å². The van der Waals surface area contributed by atoms with Gasteiger partial charge in [0.1, 0.15) is 0 Å². The van der Waals surface area contributed by atoms with E-state index in [9.17, 15) is 0 Å². The van der Waals surface area contributed by atoms with Gasteiger partial charge in [0.25, 0.3) is 0 Å². The van der Waals surface area contributed by atoms with Crippen LogP contribution in [-0.4, -0.2) is 0 Å². The minimum absolute atomic E-state index is 0.150. The average Bonchev–Trinajstić information content (AvgIpc) is 2.45. The van der Waals surface area contributed by atoms with Crippen LogP contribution in [0.15, 0.2) is 49.0 Å². The highest BCUT2D eigenvalue weighted by Gasteiger charge is 2.19. The minimum Gasteiger partial charge on any atom is -0.0985 e. The Morgan fingerprint density at radius 2 is 1.52 bits per heavy atom. The molecule has 0 spiro atoms. The molecular weight excluding hydrogens is 276 g/mol. The summed E-state index contributed by atoms with van der Waals surface area (Å²) >= 11 is 0. The molecule has 2 aromatic carbocycles. The summed E-state index contributed by atoms with van der Waals surface area (Å²) in [5, 5.41) is 0. The molecule has 0 aliphatic rings. The van der Waals surface area contributed by atoms with Gasteiger partial charge in [-0.2, -0.15) is 0 Å². The molecule has 122 valence electrons. The monoisotopic (exact) mass is 306 g/mol. The van der Waals surface area contributed by atoms with Crippen molar-refractivity contribution in [1.29, 1.82) is 0 Å². The maximum absolute atomic E-state index is 3.96. The van der Waals surface area contributed by atoms with Gasteiger partial charge in [-0.3, -0.25) is 0 Å². The molecule has 0 heterocycles. The molecule has 0 amide bonds. The van der Waals surface area contributed by atoms with Crippen LogP contribution < -0.4 is 0 Å². The van der Waals surface area contributed by atoms with Crippen molar-refractivity contribution in [2.75, 3.05) is 0 Å². The Kier molecular flexibility index (Phi) is 4.84. The summed E-state index contributed by atoms with van der Waals surface area (Å²) in [6.07, 6.45) is 2.92. The molecule has 0 unspecified atom stereocenters. The summed E-state index contributed by atoms with van der Waals surface area (Å²) in [5.41, 5.74) is 7.11. The topological polar surface area (TPSA) is 0 Å². The Hall–Kier alpha value is -1.82. The van der Waals surface area contributed by atoms with Gasteiger partial charge in [0.05, 0.1) is 0 Å². The highest BCUT2D eigenvalue weighted by atomic mass is 14.2. The van der Waals surface area contributed by atoms with Gasteiger partial charge in [0.15, 0.2) is 0 Å². The Bertz CT molecular complexity index is 691. The Balaban J connectivity index is 2.47. The lowest BCUT2D eigenvalue weighted by Gasteiger charge is -2.24. The van der Waals surface area contributed by atoms with E-state index in [-0.39, 0.29) is 10.8 Å². The van der Waals surface area contributed by atoms with Crippen LogP contribution in [0.4, 0.5) is 0 Å². The quantitative estimate of drug-likeness (QED) is 0.606. The van der Waals surface area contributed by atoms with Crippen LogP contribution in [0.25, 0.3) is 6.08 Å². The zero-order valence-corrected chi connectivity index (χ0v) is 15.5. The molecule has 0 saturated carbocycles. The molecule has 0 fully saturated rings. The summed E-state index contributed by atoms with van der Waals surface area (Å²) in [4.78, 5) is 0. The molecular formula is C23H30. The molecule has 0 radical (unpaired) electrons. The fourth-order valence-electron chi connectivity index (χ4n) is 3.00. The minimum atomic E-state index is 0.150. The van der Waals surface area contributed by atoms with E-state index < -0.39 is 0 Å². The standard InChI is InChI=1S/C23H30/c1-8-17-13-18(16-20(15-17)22(2,3)4)14-19-11-9-10-12-21(19)23(5,6)7/h8-13,15-16H,1,14H2,2-7H3. The number of rotatable bonds is 3. The first-order valence-corrected chi connectivity index (χ1v) is 8.46. The Labute approximate surface area is 142 Å². The van der Waals surface area contributed by atoms with E-state index in [1.165, 1.54) is 27.8 Å². The average molecular weight is 306 g/mol. The number of hydrogen-bond donors (Lipinski definition) is 0. The smallest absolute Gasteiger partial charge is 0.00225 e. The van der Waals surface area contributed by atoms with Gasteiger partial charge in [0.2, 0.25) is 0 Å². The largest absolute Gasteiger partial charge is 0.0985 e. The van der Waals surface area contributed by atoms with Crippen molar-refractivity contribution < 1.29 is 0 Å². The second-order valence-corrected chi connectivity index (χ2v) is 8.50. The lowest BCUT2D eigenvalue weighted by molar-refractivity contribution is 0.583. The SMILES string of the molecule is C=Cc1cc(Cc2ccccc2C(C)(C)C)cc(C(C)(C)C)c1. The van der Waals surface area contributed by atoms with Crippen LogP contribution in [0.3, 0.4) is 0 Å². The number of hydrogen-bond acceptors (Lipinski definition) is 0. The molecule has 23 heavy (non-hydrogen) atoms. The molecule has 0 saturated heterocycles. The Morgan fingerprint density at radius 1 is 0.870 bits per heavy atom. The lowest BCUT2D eigenvalue weighted by Crippen LogP contribution is -2.15. The third-order valence-corrected chi connectivity index (χ3v) is 4.34. The van der Waals surface area contributed by atoms with E-state index >= 15 is 0 Å². The summed E-state index contributed by atoms with van der Waals surface area (Å²) in [5.74, 6) is 0. The van der Waals surface area contributed by atoms with Crippen molar-refractivity contribution in [2.24, 2.45) is 0 Å². The highest BCUT2D eigenvalue weighted by Crippen LogP contribution is 2.30. The summed E-state index contributed by atoms with van der Waals surface area (Å²) in [6.45, 7) is 17.6.